The van der Waals surface area contributed by atoms with Gasteiger partial charge >= 0.3 is 0 Å². The van der Waals surface area contributed by atoms with E-state index in [4.69, 9.17) is 4.74 Å². The lowest BCUT2D eigenvalue weighted by atomic mass is 9.91. The molecule has 0 aromatic heterocycles. The van der Waals surface area contributed by atoms with Gasteiger partial charge in [-0.2, -0.15) is 0 Å². The third-order valence-corrected chi connectivity index (χ3v) is 3.49. The molecule has 1 heterocycles. The third kappa shape index (κ3) is 2.24. The lowest BCUT2D eigenvalue weighted by Gasteiger charge is -2.34. The van der Waals surface area contributed by atoms with Crippen molar-refractivity contribution in [2.75, 3.05) is 0 Å². The summed E-state index contributed by atoms with van der Waals surface area (Å²) >= 11 is 0. The summed E-state index contributed by atoms with van der Waals surface area (Å²) in [4.78, 5) is 0. The predicted molar refractivity (Wildman–Crippen MR) is 72.2 cm³/mol. The zero-order chi connectivity index (χ0) is 15.1. The van der Waals surface area contributed by atoms with Crippen LogP contribution in [0.4, 0.5) is 0 Å². The van der Waals surface area contributed by atoms with Crippen LogP contribution in [0.1, 0.15) is 23.3 Å². The predicted octanol–water partition coefficient (Wildman–Crippen LogP) is 1.33. The molecule has 3 rings (SSSR count). The van der Waals surface area contributed by atoms with Crippen molar-refractivity contribution >= 4 is 0 Å². The van der Waals surface area contributed by atoms with Crippen LogP contribution >= 0.6 is 0 Å². The lowest BCUT2D eigenvalue weighted by Crippen LogP contribution is -2.34. The molecule has 1 unspecified atom stereocenters. The largest absolute Gasteiger partial charge is 0.508 e. The number of rotatable bonds is 1. The number of ether oxygens (including phenoxy) is 1. The maximum Gasteiger partial charge on any atom is 0.153 e. The van der Waals surface area contributed by atoms with Crippen LogP contribution in [0.25, 0.3) is 0 Å². The Morgan fingerprint density at radius 2 is 1.67 bits per heavy atom. The normalized spacial score (nSPS) is 24.2. The van der Waals surface area contributed by atoms with Gasteiger partial charge in [0.2, 0.25) is 0 Å². The molecule has 2 aromatic rings. The molecule has 6 heteroatoms. The number of benzene rings is 2. The molecule has 110 valence electrons. The summed E-state index contributed by atoms with van der Waals surface area (Å²) in [6.07, 6.45) is -3.63. The van der Waals surface area contributed by atoms with Gasteiger partial charge in [-0.1, -0.05) is 12.1 Å². The number of hydrogen-bond acceptors (Lipinski definition) is 6. The van der Waals surface area contributed by atoms with Gasteiger partial charge in [0.25, 0.3) is 0 Å². The molecule has 0 fully saturated rings. The standard InChI is InChI=1S/C15H14O6/c16-8-3-1-2-7(4-8)15-14(20)13(19)12-10(18)5-9(17)6-11(12)21-15/h1-6,13-20H/t13?,14-,15-/m1/s1. The Morgan fingerprint density at radius 3 is 2.38 bits per heavy atom. The van der Waals surface area contributed by atoms with Crippen molar-refractivity contribution in [3.63, 3.8) is 0 Å². The van der Waals surface area contributed by atoms with Crippen LogP contribution in [-0.2, 0) is 0 Å². The Kier molecular flexibility index (Phi) is 3.12. The van der Waals surface area contributed by atoms with E-state index < -0.39 is 18.3 Å². The fourth-order valence-electron chi connectivity index (χ4n) is 2.50. The molecule has 3 atom stereocenters. The van der Waals surface area contributed by atoms with Crippen LogP contribution in [0, 0.1) is 0 Å². The van der Waals surface area contributed by atoms with Crippen LogP contribution in [0.5, 0.6) is 23.0 Å². The van der Waals surface area contributed by atoms with Gasteiger partial charge in [0.1, 0.15) is 35.2 Å². The van der Waals surface area contributed by atoms with Crippen LogP contribution in [0.15, 0.2) is 36.4 Å². The van der Waals surface area contributed by atoms with Crippen molar-refractivity contribution in [1.29, 1.82) is 0 Å². The molecule has 1 aliphatic heterocycles. The molecule has 0 aliphatic carbocycles. The van der Waals surface area contributed by atoms with Crippen molar-refractivity contribution in [1.82, 2.24) is 0 Å². The molecular weight excluding hydrogens is 276 g/mol. The van der Waals surface area contributed by atoms with E-state index in [0.29, 0.717) is 5.56 Å². The Hall–Kier alpha value is -2.44. The molecule has 0 bridgehead atoms. The Morgan fingerprint density at radius 1 is 0.905 bits per heavy atom. The van der Waals surface area contributed by atoms with Gasteiger partial charge in [-0.25, -0.2) is 0 Å². The first-order valence-corrected chi connectivity index (χ1v) is 6.35. The highest BCUT2D eigenvalue weighted by atomic mass is 16.5. The minimum atomic E-state index is -1.37. The maximum atomic E-state index is 10.2. The molecule has 21 heavy (non-hydrogen) atoms. The number of aliphatic hydroxyl groups excluding tert-OH is 2. The van der Waals surface area contributed by atoms with E-state index in [1.54, 1.807) is 12.1 Å². The van der Waals surface area contributed by atoms with Gasteiger partial charge in [0.05, 0.1) is 5.56 Å². The van der Waals surface area contributed by atoms with E-state index in [1.165, 1.54) is 18.2 Å². The second kappa shape index (κ2) is 4.83. The van der Waals surface area contributed by atoms with E-state index in [0.717, 1.165) is 6.07 Å². The second-order valence-electron chi connectivity index (χ2n) is 4.95. The van der Waals surface area contributed by atoms with Crippen LogP contribution < -0.4 is 4.74 Å². The second-order valence-corrected chi connectivity index (χ2v) is 4.95. The minimum absolute atomic E-state index is 0.00217. The van der Waals surface area contributed by atoms with E-state index >= 15 is 0 Å². The summed E-state index contributed by atoms with van der Waals surface area (Å²) in [6, 6.07) is 8.41. The van der Waals surface area contributed by atoms with E-state index in [2.05, 4.69) is 0 Å². The summed E-state index contributed by atoms with van der Waals surface area (Å²) in [6.45, 7) is 0. The SMILES string of the molecule is Oc1cccc([C@H]2Oc3cc(O)cc(O)c3C(O)[C@H]2O)c1. The van der Waals surface area contributed by atoms with Crippen molar-refractivity contribution in [3.8, 4) is 23.0 Å². The Bertz CT molecular complexity index is 684. The summed E-state index contributed by atoms with van der Waals surface area (Å²) in [7, 11) is 0. The first kappa shape index (κ1) is 13.5. The molecule has 6 nitrogen and oxygen atoms in total. The number of phenols is 3. The number of fused-ring (bicyclic) bond motifs is 1. The van der Waals surface area contributed by atoms with Crippen molar-refractivity contribution in [3.05, 3.63) is 47.5 Å². The maximum absolute atomic E-state index is 10.2. The van der Waals surface area contributed by atoms with Crippen LogP contribution in [0.2, 0.25) is 0 Å². The van der Waals surface area contributed by atoms with E-state index in [1.807, 2.05) is 0 Å². The monoisotopic (exact) mass is 290 g/mol. The van der Waals surface area contributed by atoms with Gasteiger partial charge < -0.3 is 30.3 Å². The average Bonchev–Trinajstić information content (AvgIpc) is 2.42. The Labute approximate surface area is 120 Å². The topological polar surface area (TPSA) is 110 Å². The fourth-order valence-corrected chi connectivity index (χ4v) is 2.50. The highest BCUT2D eigenvalue weighted by Gasteiger charge is 2.39. The smallest absolute Gasteiger partial charge is 0.153 e. The van der Waals surface area contributed by atoms with Crippen molar-refractivity contribution < 1.29 is 30.3 Å². The Balaban J connectivity index is 2.07. The summed E-state index contributed by atoms with van der Waals surface area (Å²) in [5.74, 6) is -0.489. The van der Waals surface area contributed by atoms with Gasteiger partial charge in [0.15, 0.2) is 6.10 Å². The molecule has 0 saturated carbocycles. The number of hydrogen-bond donors (Lipinski definition) is 5. The first-order chi connectivity index (χ1) is 9.97. The lowest BCUT2D eigenvalue weighted by molar-refractivity contribution is -0.0711. The highest BCUT2D eigenvalue weighted by molar-refractivity contribution is 5.52. The molecule has 0 saturated heterocycles. The van der Waals surface area contributed by atoms with Gasteiger partial charge in [-0.3, -0.25) is 0 Å². The zero-order valence-corrected chi connectivity index (χ0v) is 10.8. The van der Waals surface area contributed by atoms with Gasteiger partial charge in [-0.15, -0.1) is 0 Å². The van der Waals surface area contributed by atoms with Crippen LogP contribution in [0.3, 0.4) is 0 Å². The highest BCUT2D eigenvalue weighted by Crippen LogP contribution is 2.46. The number of aliphatic hydroxyl groups is 2. The van der Waals surface area contributed by atoms with Gasteiger partial charge in [-0.05, 0) is 17.7 Å². The summed E-state index contributed by atoms with van der Waals surface area (Å²) in [5.41, 5.74) is 0.492. The number of phenolic OH excluding ortho intramolecular Hbond substituents is 3. The molecule has 2 aromatic carbocycles. The summed E-state index contributed by atoms with van der Waals surface area (Å²) in [5, 5.41) is 49.1. The molecular formula is C15H14O6. The third-order valence-electron chi connectivity index (χ3n) is 3.49. The van der Waals surface area contributed by atoms with Crippen LogP contribution in [-0.4, -0.2) is 31.6 Å². The minimum Gasteiger partial charge on any atom is -0.508 e. The van der Waals surface area contributed by atoms with E-state index in [-0.39, 0.29) is 28.6 Å². The number of aromatic hydroxyl groups is 3. The molecule has 1 aliphatic rings. The quantitative estimate of drug-likeness (QED) is 0.542. The first-order valence-electron chi connectivity index (χ1n) is 6.35. The summed E-state index contributed by atoms with van der Waals surface area (Å²) < 4.78 is 5.58. The van der Waals surface area contributed by atoms with Gasteiger partial charge in [0, 0.05) is 12.1 Å². The molecule has 0 amide bonds. The van der Waals surface area contributed by atoms with Crippen molar-refractivity contribution in [2.45, 2.75) is 18.3 Å². The van der Waals surface area contributed by atoms with E-state index in [9.17, 15) is 25.5 Å². The molecule has 0 radical (unpaired) electrons. The molecule has 5 N–H and O–H groups in total. The zero-order valence-electron chi connectivity index (χ0n) is 10.8. The van der Waals surface area contributed by atoms with Crippen molar-refractivity contribution in [2.24, 2.45) is 0 Å². The molecule has 0 spiro atoms. The average molecular weight is 290 g/mol. The fraction of sp³-hybridized carbons (Fsp3) is 0.200.